The Morgan fingerprint density at radius 2 is 1.74 bits per heavy atom. The van der Waals surface area contributed by atoms with Gasteiger partial charge in [-0.1, -0.05) is 0 Å². The summed E-state index contributed by atoms with van der Waals surface area (Å²) in [5, 5.41) is 0.387. The maximum Gasteiger partial charge on any atom is 0.265 e. The molecule has 0 unspecified atom stereocenters. The quantitative estimate of drug-likeness (QED) is 0.323. The molecule has 4 aromatic rings. The molecule has 2 aromatic heterocycles. The summed E-state index contributed by atoms with van der Waals surface area (Å²) in [6.07, 6.45) is 5.66. The first-order chi connectivity index (χ1) is 16.8. The highest BCUT2D eigenvalue weighted by molar-refractivity contribution is 7.85. The molecular formula is C24H24N4O6S. The van der Waals surface area contributed by atoms with Gasteiger partial charge >= 0.3 is 0 Å². The molecule has 0 aliphatic heterocycles. The molecule has 2 heterocycles. The number of nitrogens with zero attached hydrogens (tertiary/aromatic N) is 4. The summed E-state index contributed by atoms with van der Waals surface area (Å²) in [4.78, 5) is 23.6. The van der Waals surface area contributed by atoms with Crippen molar-refractivity contribution >= 4 is 32.4 Å². The molecule has 0 bridgehead atoms. The zero-order valence-corrected chi connectivity index (χ0v) is 20.2. The summed E-state index contributed by atoms with van der Waals surface area (Å²) in [5.74, 6) is 1.10. The standard InChI is InChI=1S/C24H24N4O6S/c1-32-20-11-19(12-21(14-20)33-2)27(9-10-34-35(3,30)31)17-6-7-23-22(13-17)24(29)28(16-26-23)18-5-4-8-25-15-18/h4-8,11-16H,9-10H2,1-3H3. The van der Waals surface area contributed by atoms with E-state index in [1.54, 1.807) is 60.9 Å². The highest BCUT2D eigenvalue weighted by Crippen LogP contribution is 2.33. The predicted octanol–water partition coefficient (Wildman–Crippen LogP) is 2.91. The number of methoxy groups -OCH3 is 2. The fourth-order valence-corrected chi connectivity index (χ4v) is 3.97. The summed E-state index contributed by atoms with van der Waals surface area (Å²) in [6.45, 7) is 0.0648. The Bertz CT molecular complexity index is 1480. The van der Waals surface area contributed by atoms with Crippen LogP contribution in [0.5, 0.6) is 11.5 Å². The van der Waals surface area contributed by atoms with Gasteiger partial charge < -0.3 is 14.4 Å². The van der Waals surface area contributed by atoms with Gasteiger partial charge in [0.25, 0.3) is 15.7 Å². The fraction of sp³-hybridized carbons (Fsp3) is 0.208. The third-order valence-corrected chi connectivity index (χ3v) is 5.83. The van der Waals surface area contributed by atoms with Crippen molar-refractivity contribution in [1.29, 1.82) is 0 Å². The lowest BCUT2D eigenvalue weighted by Gasteiger charge is -2.26. The van der Waals surface area contributed by atoms with Crippen molar-refractivity contribution in [2.45, 2.75) is 0 Å². The summed E-state index contributed by atoms with van der Waals surface area (Å²) < 4.78 is 40.3. The van der Waals surface area contributed by atoms with Gasteiger partial charge in [-0.3, -0.25) is 18.5 Å². The van der Waals surface area contributed by atoms with Crippen LogP contribution in [-0.2, 0) is 14.3 Å². The molecule has 0 aliphatic rings. The van der Waals surface area contributed by atoms with Gasteiger partial charge in [0.05, 0.1) is 49.9 Å². The van der Waals surface area contributed by atoms with Crippen LogP contribution in [-0.4, -0.2) is 56.6 Å². The minimum absolute atomic E-state index is 0.108. The first-order valence-electron chi connectivity index (χ1n) is 10.6. The van der Waals surface area contributed by atoms with Gasteiger partial charge in [-0.05, 0) is 30.3 Å². The molecule has 0 N–H and O–H groups in total. The second-order valence-corrected chi connectivity index (χ2v) is 9.22. The Balaban J connectivity index is 1.83. The van der Waals surface area contributed by atoms with Crippen LogP contribution in [0.3, 0.4) is 0 Å². The first-order valence-corrected chi connectivity index (χ1v) is 12.4. The second kappa shape index (κ2) is 10.1. The molecule has 0 aliphatic carbocycles. The van der Waals surface area contributed by atoms with E-state index in [4.69, 9.17) is 13.7 Å². The Morgan fingerprint density at radius 1 is 1.00 bits per heavy atom. The van der Waals surface area contributed by atoms with Crippen LogP contribution in [0.1, 0.15) is 0 Å². The Labute approximate surface area is 202 Å². The zero-order valence-electron chi connectivity index (χ0n) is 19.4. The van der Waals surface area contributed by atoms with Crippen LogP contribution >= 0.6 is 0 Å². The normalized spacial score (nSPS) is 11.4. The van der Waals surface area contributed by atoms with E-state index in [0.717, 1.165) is 6.26 Å². The van der Waals surface area contributed by atoms with Crippen molar-refractivity contribution in [2.24, 2.45) is 0 Å². The average molecular weight is 497 g/mol. The van der Waals surface area contributed by atoms with Gasteiger partial charge in [-0.25, -0.2) is 4.98 Å². The number of anilines is 2. The summed E-state index contributed by atoms with van der Waals surface area (Å²) in [7, 11) is -0.553. The smallest absolute Gasteiger partial charge is 0.265 e. The minimum Gasteiger partial charge on any atom is -0.497 e. The van der Waals surface area contributed by atoms with Crippen molar-refractivity contribution in [3.8, 4) is 17.2 Å². The van der Waals surface area contributed by atoms with E-state index < -0.39 is 10.1 Å². The molecule has 11 heteroatoms. The number of pyridine rings is 1. The maximum absolute atomic E-state index is 13.3. The monoisotopic (exact) mass is 496 g/mol. The summed E-state index contributed by atoms with van der Waals surface area (Å²) in [6, 6.07) is 14.0. The van der Waals surface area contributed by atoms with E-state index in [1.807, 2.05) is 4.90 Å². The third-order valence-electron chi connectivity index (χ3n) is 5.24. The molecule has 0 spiro atoms. The lowest BCUT2D eigenvalue weighted by atomic mass is 10.1. The number of benzene rings is 2. The molecule has 0 fully saturated rings. The molecular weight excluding hydrogens is 472 g/mol. The number of rotatable bonds is 9. The lowest BCUT2D eigenvalue weighted by Crippen LogP contribution is -2.24. The molecule has 2 aromatic carbocycles. The van der Waals surface area contributed by atoms with Gasteiger partial charge in [0, 0.05) is 42.3 Å². The van der Waals surface area contributed by atoms with Gasteiger partial charge in [-0.15, -0.1) is 0 Å². The Kier molecular flexibility index (Phi) is 6.99. The van der Waals surface area contributed by atoms with Crippen LogP contribution in [0.2, 0.25) is 0 Å². The Morgan fingerprint density at radius 3 is 2.37 bits per heavy atom. The minimum atomic E-state index is -3.63. The van der Waals surface area contributed by atoms with E-state index in [-0.39, 0.29) is 18.7 Å². The van der Waals surface area contributed by atoms with E-state index in [2.05, 4.69) is 9.97 Å². The fourth-order valence-electron chi connectivity index (χ4n) is 3.59. The molecule has 0 saturated carbocycles. The van der Waals surface area contributed by atoms with Gasteiger partial charge in [0.15, 0.2) is 0 Å². The van der Waals surface area contributed by atoms with E-state index in [9.17, 15) is 13.2 Å². The van der Waals surface area contributed by atoms with Crippen LogP contribution in [0, 0.1) is 0 Å². The molecule has 10 nitrogen and oxygen atoms in total. The Hall–Kier alpha value is -3.96. The van der Waals surface area contributed by atoms with Crippen LogP contribution in [0.15, 0.2) is 72.0 Å². The molecule has 0 amide bonds. The van der Waals surface area contributed by atoms with Crippen molar-refractivity contribution in [2.75, 3.05) is 38.5 Å². The van der Waals surface area contributed by atoms with E-state index >= 15 is 0 Å². The topological polar surface area (TPSA) is 113 Å². The molecule has 182 valence electrons. The molecule has 35 heavy (non-hydrogen) atoms. The lowest BCUT2D eigenvalue weighted by molar-refractivity contribution is 0.330. The van der Waals surface area contributed by atoms with Crippen molar-refractivity contribution < 1.29 is 22.1 Å². The summed E-state index contributed by atoms with van der Waals surface area (Å²) >= 11 is 0. The summed E-state index contributed by atoms with van der Waals surface area (Å²) in [5.41, 5.74) is 2.14. The number of hydrogen-bond acceptors (Lipinski definition) is 9. The van der Waals surface area contributed by atoms with Crippen molar-refractivity contribution in [3.63, 3.8) is 0 Å². The second-order valence-electron chi connectivity index (χ2n) is 7.58. The predicted molar refractivity (Wildman–Crippen MR) is 132 cm³/mol. The maximum atomic E-state index is 13.3. The molecule has 0 atom stereocenters. The average Bonchev–Trinajstić information content (AvgIpc) is 2.86. The van der Waals surface area contributed by atoms with Gasteiger partial charge in [0.1, 0.15) is 17.8 Å². The SMILES string of the molecule is COc1cc(OC)cc(N(CCOS(C)(=O)=O)c2ccc3ncn(-c4cccnc4)c(=O)c3c2)c1. The number of fused-ring (bicyclic) bond motifs is 1. The van der Waals surface area contributed by atoms with Gasteiger partial charge in [0.2, 0.25) is 0 Å². The van der Waals surface area contributed by atoms with E-state index in [1.165, 1.54) is 25.1 Å². The highest BCUT2D eigenvalue weighted by Gasteiger charge is 2.16. The highest BCUT2D eigenvalue weighted by atomic mass is 32.2. The largest absolute Gasteiger partial charge is 0.497 e. The zero-order chi connectivity index (χ0) is 25.0. The third kappa shape index (κ3) is 5.58. The van der Waals surface area contributed by atoms with Crippen molar-refractivity contribution in [1.82, 2.24) is 14.5 Å². The first kappa shape index (κ1) is 24.2. The van der Waals surface area contributed by atoms with Crippen LogP contribution < -0.4 is 19.9 Å². The van der Waals surface area contributed by atoms with Gasteiger partial charge in [-0.2, -0.15) is 8.42 Å². The number of aromatic nitrogens is 3. The van der Waals surface area contributed by atoms with Crippen LogP contribution in [0.25, 0.3) is 16.6 Å². The molecule has 4 rings (SSSR count). The number of hydrogen-bond donors (Lipinski definition) is 0. The van der Waals surface area contributed by atoms with Crippen molar-refractivity contribution in [3.05, 3.63) is 77.6 Å². The van der Waals surface area contributed by atoms with Crippen LogP contribution in [0.4, 0.5) is 11.4 Å². The molecule has 0 radical (unpaired) electrons. The molecule has 0 saturated heterocycles. The number of ether oxygens (including phenoxy) is 2. The van der Waals surface area contributed by atoms with E-state index in [0.29, 0.717) is 39.5 Å².